The van der Waals surface area contributed by atoms with Crippen molar-refractivity contribution in [1.29, 1.82) is 0 Å². The van der Waals surface area contributed by atoms with Crippen LogP contribution in [0.2, 0.25) is 0 Å². The summed E-state index contributed by atoms with van der Waals surface area (Å²) in [6.07, 6.45) is 1.52. The van der Waals surface area contributed by atoms with E-state index in [2.05, 4.69) is 17.1 Å². The number of hydrogen-bond acceptors (Lipinski definition) is 5. The van der Waals surface area contributed by atoms with Gasteiger partial charge >= 0.3 is 0 Å². The molecule has 2 heterocycles. The van der Waals surface area contributed by atoms with Crippen molar-refractivity contribution in [3.63, 3.8) is 0 Å². The first kappa shape index (κ1) is 14.2. The summed E-state index contributed by atoms with van der Waals surface area (Å²) in [6.45, 7) is 6.85. The van der Waals surface area contributed by atoms with Crippen LogP contribution in [0.25, 0.3) is 0 Å². The lowest BCUT2D eigenvalue weighted by atomic mass is 10.1. The van der Waals surface area contributed by atoms with E-state index in [1.807, 2.05) is 0 Å². The molecule has 2 aliphatic heterocycles. The molecule has 0 amide bonds. The lowest BCUT2D eigenvalue weighted by molar-refractivity contribution is -0.00461. The molecule has 0 spiro atoms. The Bertz CT molecular complexity index is 234. The quantitative estimate of drug-likeness (QED) is 0.757. The standard InChI is InChI=1S/C13H26N2O3/c1-10(6-11-9-18-5-4-14-11)15-7-12(16-2)13(8-15)17-3/h10-14H,4-9H2,1-3H3. The number of likely N-dealkylation sites (tertiary alicyclic amines) is 1. The van der Waals surface area contributed by atoms with E-state index in [4.69, 9.17) is 14.2 Å². The maximum atomic E-state index is 5.50. The van der Waals surface area contributed by atoms with Gasteiger partial charge in [-0.1, -0.05) is 0 Å². The van der Waals surface area contributed by atoms with Gasteiger partial charge in [-0.2, -0.15) is 0 Å². The summed E-state index contributed by atoms with van der Waals surface area (Å²) in [4.78, 5) is 2.46. The maximum absolute atomic E-state index is 5.50. The fraction of sp³-hybridized carbons (Fsp3) is 1.00. The van der Waals surface area contributed by atoms with Crippen molar-refractivity contribution in [2.75, 3.05) is 47.1 Å². The van der Waals surface area contributed by atoms with Gasteiger partial charge in [-0.25, -0.2) is 0 Å². The van der Waals surface area contributed by atoms with Crippen molar-refractivity contribution >= 4 is 0 Å². The fourth-order valence-electron chi connectivity index (χ4n) is 2.92. The molecule has 0 aliphatic carbocycles. The maximum Gasteiger partial charge on any atom is 0.0971 e. The average molecular weight is 258 g/mol. The number of morpholine rings is 1. The van der Waals surface area contributed by atoms with Crippen LogP contribution in [0.15, 0.2) is 0 Å². The zero-order chi connectivity index (χ0) is 13.0. The fourth-order valence-corrected chi connectivity index (χ4v) is 2.92. The van der Waals surface area contributed by atoms with Crippen molar-refractivity contribution in [3.8, 4) is 0 Å². The predicted octanol–water partition coefficient (Wildman–Crippen LogP) is 0.0990. The van der Waals surface area contributed by atoms with Crippen LogP contribution in [-0.4, -0.2) is 76.3 Å². The van der Waals surface area contributed by atoms with Crippen LogP contribution < -0.4 is 5.32 Å². The Morgan fingerprint density at radius 2 is 1.94 bits per heavy atom. The van der Waals surface area contributed by atoms with Crippen LogP contribution in [0.3, 0.4) is 0 Å². The largest absolute Gasteiger partial charge is 0.379 e. The highest BCUT2D eigenvalue weighted by Crippen LogP contribution is 2.20. The van der Waals surface area contributed by atoms with Gasteiger partial charge in [-0.05, 0) is 13.3 Å². The summed E-state index contributed by atoms with van der Waals surface area (Å²) in [7, 11) is 3.53. The van der Waals surface area contributed by atoms with Crippen molar-refractivity contribution in [2.24, 2.45) is 0 Å². The van der Waals surface area contributed by atoms with Crippen LogP contribution in [-0.2, 0) is 14.2 Å². The zero-order valence-electron chi connectivity index (χ0n) is 11.7. The third-order valence-corrected chi connectivity index (χ3v) is 4.10. The molecule has 0 aromatic heterocycles. The van der Waals surface area contributed by atoms with Crippen LogP contribution >= 0.6 is 0 Å². The molecule has 1 N–H and O–H groups in total. The predicted molar refractivity (Wildman–Crippen MR) is 69.9 cm³/mol. The molecule has 5 nitrogen and oxygen atoms in total. The summed E-state index contributed by atoms with van der Waals surface area (Å²) < 4.78 is 16.5. The monoisotopic (exact) mass is 258 g/mol. The Labute approximate surface area is 110 Å². The van der Waals surface area contributed by atoms with E-state index in [9.17, 15) is 0 Å². The minimum absolute atomic E-state index is 0.202. The van der Waals surface area contributed by atoms with Gasteiger partial charge in [0, 0.05) is 45.9 Å². The second-order valence-electron chi connectivity index (χ2n) is 5.31. The first-order valence-electron chi connectivity index (χ1n) is 6.85. The Kier molecular flexibility index (Phi) is 5.38. The van der Waals surface area contributed by atoms with E-state index >= 15 is 0 Å². The highest BCUT2D eigenvalue weighted by Gasteiger charge is 2.35. The molecule has 0 radical (unpaired) electrons. The summed E-state index contributed by atoms with van der Waals surface area (Å²) in [5.74, 6) is 0. The SMILES string of the molecule is COC1CN(C(C)CC2COCCN2)CC1OC. The molecule has 4 unspecified atom stereocenters. The number of nitrogens with zero attached hydrogens (tertiary/aromatic N) is 1. The van der Waals surface area contributed by atoms with E-state index in [-0.39, 0.29) is 12.2 Å². The van der Waals surface area contributed by atoms with Gasteiger partial charge in [-0.3, -0.25) is 4.90 Å². The average Bonchev–Trinajstić information content (AvgIpc) is 2.83. The molecule has 2 rings (SSSR count). The van der Waals surface area contributed by atoms with E-state index in [1.165, 1.54) is 0 Å². The Morgan fingerprint density at radius 3 is 2.44 bits per heavy atom. The first-order chi connectivity index (χ1) is 8.74. The van der Waals surface area contributed by atoms with Crippen LogP contribution in [0, 0.1) is 0 Å². The molecule has 2 saturated heterocycles. The molecule has 4 atom stereocenters. The van der Waals surface area contributed by atoms with Crippen molar-refractivity contribution < 1.29 is 14.2 Å². The Morgan fingerprint density at radius 1 is 1.28 bits per heavy atom. The molecule has 0 saturated carbocycles. The third-order valence-electron chi connectivity index (χ3n) is 4.10. The Hall–Kier alpha value is -0.200. The number of ether oxygens (including phenoxy) is 3. The molecule has 0 aromatic rings. The highest BCUT2D eigenvalue weighted by molar-refractivity contribution is 4.89. The molecule has 106 valence electrons. The molecule has 18 heavy (non-hydrogen) atoms. The minimum Gasteiger partial charge on any atom is -0.379 e. The van der Waals surface area contributed by atoms with Gasteiger partial charge < -0.3 is 19.5 Å². The van der Waals surface area contributed by atoms with Crippen molar-refractivity contribution in [1.82, 2.24) is 10.2 Å². The van der Waals surface area contributed by atoms with Crippen LogP contribution in [0.1, 0.15) is 13.3 Å². The molecular formula is C13H26N2O3. The third kappa shape index (κ3) is 3.42. The highest BCUT2D eigenvalue weighted by atomic mass is 16.5. The second kappa shape index (κ2) is 6.82. The summed E-state index contributed by atoms with van der Waals surface area (Å²) in [5.41, 5.74) is 0. The van der Waals surface area contributed by atoms with Crippen LogP contribution in [0.5, 0.6) is 0 Å². The molecule has 0 bridgehead atoms. The molecule has 2 aliphatic rings. The van der Waals surface area contributed by atoms with Gasteiger partial charge in [0.2, 0.25) is 0 Å². The van der Waals surface area contributed by atoms with E-state index in [0.29, 0.717) is 12.1 Å². The molecular weight excluding hydrogens is 232 g/mol. The second-order valence-corrected chi connectivity index (χ2v) is 5.31. The number of methoxy groups -OCH3 is 2. The van der Waals surface area contributed by atoms with Gasteiger partial charge in [0.25, 0.3) is 0 Å². The summed E-state index contributed by atoms with van der Waals surface area (Å²) in [6, 6.07) is 1.01. The lowest BCUT2D eigenvalue weighted by Gasteiger charge is -2.30. The van der Waals surface area contributed by atoms with Crippen molar-refractivity contribution in [2.45, 2.75) is 37.6 Å². The molecule has 2 fully saturated rings. The van der Waals surface area contributed by atoms with Gasteiger partial charge in [-0.15, -0.1) is 0 Å². The van der Waals surface area contributed by atoms with E-state index in [0.717, 1.165) is 39.3 Å². The lowest BCUT2D eigenvalue weighted by Crippen LogP contribution is -2.45. The zero-order valence-corrected chi connectivity index (χ0v) is 11.7. The van der Waals surface area contributed by atoms with E-state index in [1.54, 1.807) is 14.2 Å². The first-order valence-corrected chi connectivity index (χ1v) is 6.85. The summed E-state index contributed by atoms with van der Waals surface area (Å²) in [5, 5.41) is 3.51. The smallest absolute Gasteiger partial charge is 0.0971 e. The number of hydrogen-bond donors (Lipinski definition) is 1. The van der Waals surface area contributed by atoms with Gasteiger partial charge in [0.1, 0.15) is 0 Å². The minimum atomic E-state index is 0.202. The van der Waals surface area contributed by atoms with Gasteiger partial charge in [0.15, 0.2) is 0 Å². The number of nitrogens with one attached hydrogen (secondary N) is 1. The molecule has 5 heteroatoms. The van der Waals surface area contributed by atoms with Gasteiger partial charge in [0.05, 0.1) is 25.4 Å². The number of rotatable bonds is 5. The normalized spacial score (nSPS) is 35.8. The topological polar surface area (TPSA) is 43.0 Å². The summed E-state index contributed by atoms with van der Waals surface area (Å²) >= 11 is 0. The van der Waals surface area contributed by atoms with Crippen molar-refractivity contribution in [3.05, 3.63) is 0 Å². The van der Waals surface area contributed by atoms with E-state index < -0.39 is 0 Å². The molecule has 0 aromatic carbocycles. The Balaban J connectivity index is 1.80. The van der Waals surface area contributed by atoms with Crippen LogP contribution in [0.4, 0.5) is 0 Å².